The van der Waals surface area contributed by atoms with E-state index in [9.17, 15) is 9.59 Å². The number of para-hydroxylation sites is 1. The van der Waals surface area contributed by atoms with Crippen molar-refractivity contribution < 1.29 is 4.79 Å². The van der Waals surface area contributed by atoms with E-state index in [1.54, 1.807) is 9.13 Å². The molecule has 1 unspecified atom stereocenters. The van der Waals surface area contributed by atoms with Crippen molar-refractivity contribution in [3.8, 4) is 0 Å². The second kappa shape index (κ2) is 8.19. The highest BCUT2D eigenvalue weighted by Crippen LogP contribution is 2.29. The highest BCUT2D eigenvalue weighted by atomic mass is 32.2. The number of imidazole rings is 1. The van der Waals surface area contributed by atoms with E-state index in [0.29, 0.717) is 23.8 Å². The van der Waals surface area contributed by atoms with Crippen molar-refractivity contribution in [3.63, 3.8) is 0 Å². The van der Waals surface area contributed by atoms with Crippen LogP contribution in [-0.2, 0) is 13.1 Å². The van der Waals surface area contributed by atoms with Crippen LogP contribution in [-0.4, -0.2) is 34.8 Å². The normalized spacial score (nSPS) is 12.7. The molecule has 168 valence electrons. The highest BCUT2D eigenvalue weighted by Gasteiger charge is 2.22. The van der Waals surface area contributed by atoms with Gasteiger partial charge in [-0.25, -0.2) is 4.79 Å². The maximum absolute atomic E-state index is 13.4. The largest absolute Gasteiger partial charge is 0.329 e. The van der Waals surface area contributed by atoms with Gasteiger partial charge in [-0.05, 0) is 63.6 Å². The fourth-order valence-electron chi connectivity index (χ4n) is 4.48. The van der Waals surface area contributed by atoms with Crippen LogP contribution in [0.1, 0.15) is 36.7 Å². The predicted molar refractivity (Wildman–Crippen MR) is 132 cm³/mol. The molecular weight excluding hydrogens is 434 g/mol. The van der Waals surface area contributed by atoms with Crippen molar-refractivity contribution in [1.82, 2.24) is 23.7 Å². The van der Waals surface area contributed by atoms with Gasteiger partial charge in [0.15, 0.2) is 16.6 Å². The monoisotopic (exact) mass is 459 g/mol. The summed E-state index contributed by atoms with van der Waals surface area (Å²) in [5.41, 5.74) is 5.12. The summed E-state index contributed by atoms with van der Waals surface area (Å²) in [7, 11) is 0. The maximum Gasteiger partial charge on any atom is 0.329 e. The van der Waals surface area contributed by atoms with Gasteiger partial charge in [-0.1, -0.05) is 30.0 Å². The van der Waals surface area contributed by atoms with Crippen LogP contribution in [0.3, 0.4) is 0 Å². The topological polar surface area (TPSA) is 74.2 Å². The lowest BCUT2D eigenvalue weighted by Crippen LogP contribution is -2.23. The number of hydrogen-bond donors (Lipinski definition) is 0. The standard InChI is InChI=1S/C25H25N5O2S/c1-5-28-20-12-11-17(14-21(20)29(6-2)25(28)32)23(31)16(4)33-24-27-26-22-13-15(3)18-9-7-8-10-19(18)30(22)24/h7-14,16H,5-6H2,1-4H3. The second-order valence-electron chi connectivity index (χ2n) is 8.12. The molecular formula is C25H25N5O2S. The smallest absolute Gasteiger partial charge is 0.293 e. The molecule has 8 heteroatoms. The van der Waals surface area contributed by atoms with E-state index in [0.717, 1.165) is 33.1 Å². The first-order valence-corrected chi connectivity index (χ1v) is 12.0. The van der Waals surface area contributed by atoms with Crippen molar-refractivity contribution in [2.24, 2.45) is 0 Å². The molecule has 33 heavy (non-hydrogen) atoms. The molecule has 0 aliphatic heterocycles. The van der Waals surface area contributed by atoms with Gasteiger partial charge < -0.3 is 0 Å². The van der Waals surface area contributed by atoms with Gasteiger partial charge in [0.2, 0.25) is 0 Å². The van der Waals surface area contributed by atoms with Gasteiger partial charge >= 0.3 is 5.69 Å². The van der Waals surface area contributed by atoms with Gasteiger partial charge in [0.05, 0.1) is 21.8 Å². The number of rotatable bonds is 6. The third-order valence-electron chi connectivity index (χ3n) is 6.16. The molecule has 7 nitrogen and oxygen atoms in total. The van der Waals surface area contributed by atoms with Gasteiger partial charge in [-0.2, -0.15) is 0 Å². The SMILES string of the molecule is CCn1c(=O)n(CC)c2cc(C(=O)C(C)Sc3nnc4cc(C)c5ccccc5n34)ccc21. The number of pyridine rings is 1. The lowest BCUT2D eigenvalue weighted by Gasteiger charge is -2.11. The third-order valence-corrected chi connectivity index (χ3v) is 7.20. The number of thioether (sulfide) groups is 1. The van der Waals surface area contributed by atoms with Crippen LogP contribution < -0.4 is 5.69 Å². The number of carbonyl (C=O) groups is 1. The molecule has 3 heterocycles. The highest BCUT2D eigenvalue weighted by molar-refractivity contribution is 8.00. The van der Waals surface area contributed by atoms with Crippen LogP contribution >= 0.6 is 11.8 Å². The Morgan fingerprint density at radius 2 is 1.70 bits per heavy atom. The Hall–Kier alpha value is -3.39. The van der Waals surface area contributed by atoms with Gasteiger partial charge in [0, 0.05) is 24.0 Å². The number of ketones is 1. The molecule has 0 fully saturated rings. The van der Waals surface area contributed by atoms with Crippen LogP contribution in [0.4, 0.5) is 0 Å². The number of hydrogen-bond acceptors (Lipinski definition) is 5. The zero-order valence-corrected chi connectivity index (χ0v) is 19.9. The fourth-order valence-corrected chi connectivity index (χ4v) is 5.43. The summed E-state index contributed by atoms with van der Waals surface area (Å²) >= 11 is 1.40. The van der Waals surface area contributed by atoms with E-state index >= 15 is 0 Å². The first-order valence-electron chi connectivity index (χ1n) is 11.1. The van der Waals surface area contributed by atoms with E-state index in [4.69, 9.17) is 0 Å². The summed E-state index contributed by atoms with van der Waals surface area (Å²) in [6, 6.07) is 15.7. The Morgan fingerprint density at radius 3 is 2.45 bits per heavy atom. The van der Waals surface area contributed by atoms with Crippen LogP contribution in [0.5, 0.6) is 0 Å². The molecule has 5 rings (SSSR count). The van der Waals surface area contributed by atoms with Gasteiger partial charge in [-0.15, -0.1) is 10.2 Å². The lowest BCUT2D eigenvalue weighted by atomic mass is 10.1. The molecule has 2 aromatic carbocycles. The Balaban J connectivity index is 1.52. The van der Waals surface area contributed by atoms with Gasteiger partial charge in [0.25, 0.3) is 0 Å². The zero-order chi connectivity index (χ0) is 23.3. The minimum absolute atomic E-state index is 0.00517. The number of carbonyl (C=O) groups excluding carboxylic acids is 1. The van der Waals surface area contributed by atoms with Crippen molar-refractivity contribution in [2.75, 3.05) is 0 Å². The Labute approximate surface area is 195 Å². The first kappa shape index (κ1) is 21.5. The first-order chi connectivity index (χ1) is 15.9. The molecule has 0 saturated carbocycles. The van der Waals surface area contributed by atoms with E-state index in [-0.39, 0.29) is 16.7 Å². The van der Waals surface area contributed by atoms with E-state index in [1.165, 1.54) is 11.8 Å². The molecule has 0 bridgehead atoms. The van der Waals surface area contributed by atoms with Crippen LogP contribution in [0.2, 0.25) is 0 Å². The molecule has 0 aliphatic rings. The minimum atomic E-state index is -0.370. The second-order valence-corrected chi connectivity index (χ2v) is 9.43. The molecule has 5 aromatic rings. The van der Waals surface area contributed by atoms with E-state index in [2.05, 4.69) is 23.2 Å². The lowest BCUT2D eigenvalue weighted by molar-refractivity contribution is 0.0994. The van der Waals surface area contributed by atoms with Gasteiger partial charge in [0.1, 0.15) is 0 Å². The molecule has 0 radical (unpaired) electrons. The number of aromatic nitrogens is 5. The quantitative estimate of drug-likeness (QED) is 0.272. The zero-order valence-electron chi connectivity index (χ0n) is 19.1. The number of benzene rings is 2. The Morgan fingerprint density at radius 1 is 0.970 bits per heavy atom. The fraction of sp³-hybridized carbons (Fsp3) is 0.280. The summed E-state index contributed by atoms with van der Waals surface area (Å²) < 4.78 is 5.46. The van der Waals surface area contributed by atoms with E-state index < -0.39 is 0 Å². The summed E-state index contributed by atoms with van der Waals surface area (Å²) in [5.74, 6) is -0.00517. The van der Waals surface area contributed by atoms with Gasteiger partial charge in [-0.3, -0.25) is 18.3 Å². The number of fused-ring (bicyclic) bond motifs is 4. The Bertz CT molecular complexity index is 1590. The van der Waals surface area contributed by atoms with E-state index in [1.807, 2.05) is 67.6 Å². The van der Waals surface area contributed by atoms with Crippen LogP contribution in [0.15, 0.2) is 58.5 Å². The number of nitrogens with zero attached hydrogens (tertiary/aromatic N) is 5. The molecule has 0 saturated heterocycles. The number of aryl methyl sites for hydroxylation is 3. The summed E-state index contributed by atoms with van der Waals surface area (Å²) in [6.07, 6.45) is 0. The van der Waals surface area contributed by atoms with Crippen LogP contribution in [0, 0.1) is 6.92 Å². The summed E-state index contributed by atoms with van der Waals surface area (Å²) in [6.45, 7) is 8.99. The molecule has 0 N–H and O–H groups in total. The summed E-state index contributed by atoms with van der Waals surface area (Å²) in [4.78, 5) is 26.0. The molecule has 0 aliphatic carbocycles. The van der Waals surface area contributed by atoms with Crippen LogP contribution in [0.25, 0.3) is 27.6 Å². The summed E-state index contributed by atoms with van der Waals surface area (Å²) in [5, 5.41) is 10.2. The molecule has 1 atom stereocenters. The van der Waals surface area contributed by atoms with Crippen molar-refractivity contribution in [3.05, 3.63) is 70.1 Å². The van der Waals surface area contributed by atoms with Crippen molar-refractivity contribution in [1.29, 1.82) is 0 Å². The average molecular weight is 460 g/mol. The molecule has 3 aromatic heterocycles. The molecule has 0 amide bonds. The maximum atomic E-state index is 13.4. The Kier molecular flexibility index (Phi) is 5.32. The third kappa shape index (κ3) is 3.36. The minimum Gasteiger partial charge on any atom is -0.293 e. The average Bonchev–Trinajstić information content (AvgIpc) is 3.35. The molecule has 0 spiro atoms. The number of Topliss-reactive ketones (excluding diaryl/α,β-unsaturated/α-hetero) is 1. The van der Waals surface area contributed by atoms with Crippen molar-refractivity contribution in [2.45, 2.75) is 51.2 Å². The van der Waals surface area contributed by atoms with Crippen molar-refractivity contribution >= 4 is 45.1 Å². The predicted octanol–water partition coefficient (Wildman–Crippen LogP) is 4.71.